The summed E-state index contributed by atoms with van der Waals surface area (Å²) in [6, 6.07) is 4.15. The summed E-state index contributed by atoms with van der Waals surface area (Å²) in [5.41, 5.74) is 0.0252. The van der Waals surface area contributed by atoms with E-state index in [-0.39, 0.29) is 40.8 Å². The van der Waals surface area contributed by atoms with E-state index in [4.69, 9.17) is 9.47 Å². The zero-order chi connectivity index (χ0) is 20.2. The number of carbonyl (C=O) groups is 2. The number of piperidine rings is 1. The van der Waals surface area contributed by atoms with Gasteiger partial charge in [-0.3, -0.25) is 4.79 Å². The van der Waals surface area contributed by atoms with Crippen molar-refractivity contribution in [1.29, 1.82) is 0 Å². The summed E-state index contributed by atoms with van der Waals surface area (Å²) in [5.74, 6) is -0.913. The Morgan fingerprint density at radius 1 is 1.22 bits per heavy atom. The summed E-state index contributed by atoms with van der Waals surface area (Å²) < 4.78 is 36.5. The third-order valence-corrected chi connectivity index (χ3v) is 6.20. The Kier molecular flexibility index (Phi) is 6.83. The van der Waals surface area contributed by atoms with Crippen LogP contribution in [0.15, 0.2) is 23.1 Å². The van der Waals surface area contributed by atoms with Gasteiger partial charge in [0.15, 0.2) is 6.61 Å². The number of carbonyl (C=O) groups excluding carboxylic acids is 2. The van der Waals surface area contributed by atoms with Crippen LogP contribution in [0.2, 0.25) is 0 Å². The first-order chi connectivity index (χ1) is 12.7. The van der Waals surface area contributed by atoms with Crippen LogP contribution in [0, 0.1) is 0 Å². The second kappa shape index (κ2) is 8.71. The third-order valence-electron chi connectivity index (χ3n) is 4.77. The van der Waals surface area contributed by atoms with Gasteiger partial charge in [0.05, 0.1) is 12.7 Å². The fourth-order valence-corrected chi connectivity index (χ4v) is 4.24. The van der Waals surface area contributed by atoms with Gasteiger partial charge in [-0.25, -0.2) is 17.9 Å². The number of sulfonamides is 1. The molecule has 1 N–H and O–H groups in total. The predicted molar refractivity (Wildman–Crippen MR) is 99.1 cm³/mol. The minimum absolute atomic E-state index is 0.0252. The number of rotatable bonds is 6. The molecule has 0 spiro atoms. The first kappa shape index (κ1) is 21.2. The smallest absolute Gasteiger partial charge is 0.338 e. The van der Waals surface area contributed by atoms with E-state index in [9.17, 15) is 18.0 Å². The molecule has 1 aliphatic rings. The van der Waals surface area contributed by atoms with Gasteiger partial charge in [-0.2, -0.15) is 0 Å². The molecule has 0 aromatic heterocycles. The van der Waals surface area contributed by atoms with Crippen LogP contribution < -0.4 is 9.46 Å². The maximum absolute atomic E-state index is 12.5. The van der Waals surface area contributed by atoms with E-state index in [0.717, 1.165) is 19.3 Å². The van der Waals surface area contributed by atoms with Crippen LogP contribution in [0.25, 0.3) is 0 Å². The van der Waals surface area contributed by atoms with Crippen molar-refractivity contribution in [3.63, 3.8) is 0 Å². The highest BCUT2D eigenvalue weighted by atomic mass is 32.2. The Labute approximate surface area is 159 Å². The number of benzene rings is 1. The average molecular weight is 398 g/mol. The highest BCUT2D eigenvalue weighted by Gasteiger charge is 2.29. The average Bonchev–Trinajstić information content (AvgIpc) is 2.65. The van der Waals surface area contributed by atoms with E-state index in [1.165, 1.54) is 32.4 Å². The molecule has 8 nitrogen and oxygen atoms in total. The number of ether oxygens (including phenoxy) is 2. The van der Waals surface area contributed by atoms with Crippen molar-refractivity contribution in [2.45, 2.75) is 50.1 Å². The van der Waals surface area contributed by atoms with Crippen LogP contribution in [0.4, 0.5) is 0 Å². The molecule has 2 atom stereocenters. The van der Waals surface area contributed by atoms with Crippen LogP contribution in [0.3, 0.4) is 0 Å². The van der Waals surface area contributed by atoms with E-state index in [0.29, 0.717) is 0 Å². The molecule has 0 unspecified atom stereocenters. The summed E-state index contributed by atoms with van der Waals surface area (Å²) in [6.07, 6.45) is 2.92. The molecule has 0 bridgehead atoms. The SMILES string of the molecule is CNS(=O)(=O)c1cc(C(=O)OCC(=O)N2[C@H](C)CCC[C@H]2C)ccc1OC. The number of likely N-dealkylation sites (tertiary alicyclic amines) is 1. The molecule has 0 saturated carbocycles. The van der Waals surface area contributed by atoms with E-state index in [1.807, 2.05) is 13.8 Å². The Balaban J connectivity index is 2.12. The molecular formula is C18H26N2O6S. The van der Waals surface area contributed by atoms with Crippen LogP contribution in [-0.2, 0) is 19.6 Å². The highest BCUT2D eigenvalue weighted by molar-refractivity contribution is 7.89. The van der Waals surface area contributed by atoms with Gasteiger partial charge in [0, 0.05) is 12.1 Å². The quantitative estimate of drug-likeness (QED) is 0.730. The Hall–Kier alpha value is -2.13. The van der Waals surface area contributed by atoms with Crippen molar-refractivity contribution in [2.75, 3.05) is 20.8 Å². The maximum Gasteiger partial charge on any atom is 0.338 e. The predicted octanol–water partition coefficient (Wildman–Crippen LogP) is 1.55. The molecule has 9 heteroatoms. The van der Waals surface area contributed by atoms with Gasteiger partial charge in [-0.1, -0.05) is 0 Å². The molecule has 2 rings (SSSR count). The molecule has 150 valence electrons. The van der Waals surface area contributed by atoms with E-state index in [2.05, 4.69) is 4.72 Å². The lowest BCUT2D eigenvalue weighted by Gasteiger charge is -2.38. The number of amides is 1. The van der Waals surface area contributed by atoms with Gasteiger partial charge in [0.2, 0.25) is 10.0 Å². The molecule has 1 aromatic carbocycles. The first-order valence-corrected chi connectivity index (χ1v) is 10.3. The molecule has 0 aliphatic carbocycles. The first-order valence-electron chi connectivity index (χ1n) is 8.81. The molecule has 1 amide bonds. The van der Waals surface area contributed by atoms with Gasteiger partial charge < -0.3 is 14.4 Å². The molecule has 1 aliphatic heterocycles. The number of methoxy groups -OCH3 is 1. The minimum atomic E-state index is -3.82. The normalized spacial score (nSPS) is 20.2. The molecule has 27 heavy (non-hydrogen) atoms. The zero-order valence-corrected chi connectivity index (χ0v) is 16.8. The Morgan fingerprint density at radius 2 is 1.85 bits per heavy atom. The number of nitrogens with zero attached hydrogens (tertiary/aromatic N) is 1. The monoisotopic (exact) mass is 398 g/mol. The second-order valence-corrected chi connectivity index (χ2v) is 8.43. The minimum Gasteiger partial charge on any atom is -0.495 e. The number of esters is 1. The largest absolute Gasteiger partial charge is 0.495 e. The van der Waals surface area contributed by atoms with E-state index < -0.39 is 16.0 Å². The van der Waals surface area contributed by atoms with Crippen molar-refractivity contribution < 1.29 is 27.5 Å². The van der Waals surface area contributed by atoms with Crippen molar-refractivity contribution in [3.8, 4) is 5.75 Å². The Morgan fingerprint density at radius 3 is 2.41 bits per heavy atom. The maximum atomic E-state index is 12.5. The van der Waals surface area contributed by atoms with E-state index >= 15 is 0 Å². The van der Waals surface area contributed by atoms with Gasteiger partial charge in [0.1, 0.15) is 10.6 Å². The number of hydrogen-bond acceptors (Lipinski definition) is 6. The molecular weight excluding hydrogens is 372 g/mol. The van der Waals surface area contributed by atoms with Crippen molar-refractivity contribution in [2.24, 2.45) is 0 Å². The lowest BCUT2D eigenvalue weighted by molar-refractivity contribution is -0.140. The van der Waals surface area contributed by atoms with Gasteiger partial charge >= 0.3 is 5.97 Å². The fourth-order valence-electron chi connectivity index (χ4n) is 3.32. The van der Waals surface area contributed by atoms with Gasteiger partial charge in [-0.15, -0.1) is 0 Å². The zero-order valence-electron chi connectivity index (χ0n) is 16.0. The van der Waals surface area contributed by atoms with Crippen molar-refractivity contribution in [3.05, 3.63) is 23.8 Å². The summed E-state index contributed by atoms with van der Waals surface area (Å²) >= 11 is 0. The van der Waals surface area contributed by atoms with Crippen LogP contribution in [0.1, 0.15) is 43.5 Å². The summed E-state index contributed by atoms with van der Waals surface area (Å²) in [4.78, 5) is 26.3. The van der Waals surface area contributed by atoms with Crippen LogP contribution >= 0.6 is 0 Å². The topological polar surface area (TPSA) is 102 Å². The van der Waals surface area contributed by atoms with Crippen molar-refractivity contribution in [1.82, 2.24) is 9.62 Å². The molecule has 1 saturated heterocycles. The van der Waals surface area contributed by atoms with Crippen molar-refractivity contribution >= 4 is 21.9 Å². The summed E-state index contributed by atoms with van der Waals surface area (Å²) in [6.45, 7) is 3.58. The molecule has 1 heterocycles. The van der Waals surface area contributed by atoms with Gasteiger partial charge in [-0.05, 0) is 58.4 Å². The lowest BCUT2D eigenvalue weighted by atomic mass is 9.97. The molecule has 1 aromatic rings. The molecule has 1 fully saturated rings. The molecule has 0 radical (unpaired) electrons. The fraction of sp³-hybridized carbons (Fsp3) is 0.556. The standard InChI is InChI=1S/C18H26N2O6S/c1-12-6-5-7-13(2)20(12)17(21)11-26-18(22)14-8-9-15(25-4)16(10-14)27(23,24)19-3/h8-10,12-13,19H,5-7,11H2,1-4H3/t12-,13-/m1/s1. The van der Waals surface area contributed by atoms with Crippen LogP contribution in [0.5, 0.6) is 5.75 Å². The van der Waals surface area contributed by atoms with Crippen LogP contribution in [-0.4, -0.2) is 58.0 Å². The summed E-state index contributed by atoms with van der Waals surface area (Å²) in [7, 11) is -1.22. The second-order valence-electron chi connectivity index (χ2n) is 6.58. The van der Waals surface area contributed by atoms with E-state index in [1.54, 1.807) is 4.90 Å². The Bertz CT molecular complexity index is 798. The number of hydrogen-bond donors (Lipinski definition) is 1. The highest BCUT2D eigenvalue weighted by Crippen LogP contribution is 2.25. The number of nitrogens with one attached hydrogen (secondary N) is 1. The third kappa shape index (κ3) is 4.78. The van der Waals surface area contributed by atoms with Gasteiger partial charge in [0.25, 0.3) is 5.91 Å². The summed E-state index contributed by atoms with van der Waals surface area (Å²) in [5, 5.41) is 0. The lowest BCUT2D eigenvalue weighted by Crippen LogP contribution is -2.49.